The van der Waals surface area contributed by atoms with Gasteiger partial charge in [-0.05, 0) is 6.42 Å². The summed E-state index contributed by atoms with van der Waals surface area (Å²) in [5, 5.41) is 9.65. The lowest BCUT2D eigenvalue weighted by Crippen LogP contribution is -2.37. The molecule has 0 bridgehead atoms. The number of aliphatic hydroxyl groups is 1. The van der Waals surface area contributed by atoms with Crippen LogP contribution in [0.4, 0.5) is 0 Å². The summed E-state index contributed by atoms with van der Waals surface area (Å²) in [5.74, 6) is 1.20. The van der Waals surface area contributed by atoms with Crippen LogP contribution >= 0.6 is 21.6 Å². The van der Waals surface area contributed by atoms with Gasteiger partial charge in [-0.2, -0.15) is 0 Å². The molecule has 0 spiro atoms. The number of aliphatic hydroxyl groups excluding tert-OH is 1. The van der Waals surface area contributed by atoms with Crippen LogP contribution in [0, 0.1) is 0 Å². The fourth-order valence-electron chi connectivity index (χ4n) is 1.66. The van der Waals surface area contributed by atoms with Gasteiger partial charge in [0.2, 0.25) is 0 Å². The van der Waals surface area contributed by atoms with Crippen molar-refractivity contribution in [3.05, 3.63) is 0 Å². The largest absolute Gasteiger partial charge is 0.459 e. The second-order valence-electron chi connectivity index (χ2n) is 4.33. The highest BCUT2D eigenvalue weighted by Gasteiger charge is 2.27. The summed E-state index contributed by atoms with van der Waals surface area (Å²) >= 11 is 0. The summed E-state index contributed by atoms with van der Waals surface area (Å²) in [5.41, 5.74) is 0. The third-order valence-electron chi connectivity index (χ3n) is 2.75. The Bertz CT molecular complexity index is 224. The molecule has 2 atom stereocenters. The average Bonchev–Trinajstić information content (AvgIpc) is 2.32. The summed E-state index contributed by atoms with van der Waals surface area (Å²) in [7, 11) is 3.30. The maximum Gasteiger partial charge on any atom is 0.306 e. The van der Waals surface area contributed by atoms with Gasteiger partial charge in [0.15, 0.2) is 0 Å². The molecule has 1 saturated heterocycles. The molecule has 1 rings (SSSR count). The Morgan fingerprint density at radius 2 is 1.94 bits per heavy atom. The standard InChI is InChI=1S/C12H22O3S2/c1-2-3-4-5-6-7-12(14)15-11-9-17-16-8-10(11)13/h10-11,13H,2-9H2,1H3. The van der Waals surface area contributed by atoms with Gasteiger partial charge in [-0.1, -0.05) is 54.2 Å². The molecule has 1 aliphatic rings. The van der Waals surface area contributed by atoms with Gasteiger partial charge in [-0.25, -0.2) is 0 Å². The average molecular weight is 278 g/mol. The van der Waals surface area contributed by atoms with Gasteiger partial charge in [0.25, 0.3) is 0 Å². The van der Waals surface area contributed by atoms with Gasteiger partial charge in [0.05, 0.1) is 0 Å². The molecule has 1 N–H and O–H groups in total. The summed E-state index contributed by atoms with van der Waals surface area (Å²) < 4.78 is 5.29. The van der Waals surface area contributed by atoms with Crippen molar-refractivity contribution >= 4 is 27.6 Å². The first kappa shape index (κ1) is 15.2. The third kappa shape index (κ3) is 6.58. The molecule has 0 saturated carbocycles. The Morgan fingerprint density at radius 3 is 2.65 bits per heavy atom. The van der Waals surface area contributed by atoms with E-state index in [1.165, 1.54) is 19.3 Å². The Labute approximate surface area is 111 Å². The number of ether oxygens (including phenoxy) is 1. The predicted octanol–water partition coefficient (Wildman–Crippen LogP) is 3.01. The second-order valence-corrected chi connectivity index (χ2v) is 6.88. The molecule has 1 aliphatic heterocycles. The van der Waals surface area contributed by atoms with E-state index < -0.39 is 6.10 Å². The first-order chi connectivity index (χ1) is 8.24. The molecule has 1 heterocycles. The van der Waals surface area contributed by atoms with Gasteiger partial charge < -0.3 is 9.84 Å². The molecule has 0 amide bonds. The smallest absolute Gasteiger partial charge is 0.306 e. The van der Waals surface area contributed by atoms with Crippen molar-refractivity contribution in [2.45, 2.75) is 57.7 Å². The number of esters is 1. The number of carbonyl (C=O) groups is 1. The van der Waals surface area contributed by atoms with Crippen molar-refractivity contribution in [2.24, 2.45) is 0 Å². The number of rotatable bonds is 7. The highest BCUT2D eigenvalue weighted by atomic mass is 33.1. The van der Waals surface area contributed by atoms with Crippen molar-refractivity contribution in [3.8, 4) is 0 Å². The molecule has 17 heavy (non-hydrogen) atoms. The zero-order chi connectivity index (χ0) is 12.5. The van der Waals surface area contributed by atoms with E-state index in [9.17, 15) is 9.90 Å². The summed E-state index contributed by atoms with van der Waals surface area (Å²) in [4.78, 5) is 11.5. The van der Waals surface area contributed by atoms with Crippen LogP contribution in [0.25, 0.3) is 0 Å². The Hall–Kier alpha value is 0.130. The van der Waals surface area contributed by atoms with Crippen LogP contribution in [0.5, 0.6) is 0 Å². The van der Waals surface area contributed by atoms with Crippen LogP contribution in [-0.2, 0) is 9.53 Å². The summed E-state index contributed by atoms with van der Waals surface area (Å²) in [6, 6.07) is 0. The Morgan fingerprint density at radius 1 is 1.24 bits per heavy atom. The fourth-order valence-corrected chi connectivity index (χ4v) is 4.03. The SMILES string of the molecule is CCCCCCCC(=O)OC1CSSCC1O. The van der Waals surface area contributed by atoms with Crippen molar-refractivity contribution in [1.29, 1.82) is 0 Å². The predicted molar refractivity (Wildman–Crippen MR) is 74.2 cm³/mol. The van der Waals surface area contributed by atoms with Crippen molar-refractivity contribution in [3.63, 3.8) is 0 Å². The second kappa shape index (κ2) is 9.11. The lowest BCUT2D eigenvalue weighted by molar-refractivity contribution is -0.152. The first-order valence-corrected chi connectivity index (χ1v) is 8.84. The molecule has 0 aliphatic carbocycles. The summed E-state index contributed by atoms with van der Waals surface area (Å²) in [6.45, 7) is 2.18. The molecule has 0 aromatic carbocycles. The normalized spacial score (nSPS) is 24.6. The number of hydrogen-bond acceptors (Lipinski definition) is 5. The lowest BCUT2D eigenvalue weighted by atomic mass is 10.1. The highest BCUT2D eigenvalue weighted by molar-refractivity contribution is 8.76. The van der Waals surface area contributed by atoms with Crippen LogP contribution in [0.2, 0.25) is 0 Å². The molecular weight excluding hydrogens is 256 g/mol. The van der Waals surface area contributed by atoms with Gasteiger partial charge >= 0.3 is 5.97 Å². The molecule has 100 valence electrons. The van der Waals surface area contributed by atoms with Crippen molar-refractivity contribution in [2.75, 3.05) is 11.5 Å². The first-order valence-electron chi connectivity index (χ1n) is 6.36. The highest BCUT2D eigenvalue weighted by Crippen LogP contribution is 2.31. The molecule has 0 aromatic heterocycles. The minimum Gasteiger partial charge on any atom is -0.459 e. The monoisotopic (exact) mass is 278 g/mol. The van der Waals surface area contributed by atoms with E-state index in [-0.39, 0.29) is 12.1 Å². The number of hydrogen-bond donors (Lipinski definition) is 1. The van der Waals surface area contributed by atoms with E-state index in [0.29, 0.717) is 17.9 Å². The van der Waals surface area contributed by atoms with E-state index in [0.717, 1.165) is 12.8 Å². The van der Waals surface area contributed by atoms with Crippen LogP contribution in [0.3, 0.4) is 0 Å². The van der Waals surface area contributed by atoms with E-state index in [4.69, 9.17) is 4.74 Å². The number of unbranched alkanes of at least 4 members (excludes halogenated alkanes) is 4. The van der Waals surface area contributed by atoms with Crippen molar-refractivity contribution in [1.82, 2.24) is 0 Å². The number of carbonyl (C=O) groups excluding carboxylic acids is 1. The molecule has 0 radical (unpaired) electrons. The fraction of sp³-hybridized carbons (Fsp3) is 0.917. The van der Waals surface area contributed by atoms with Crippen LogP contribution in [0.1, 0.15) is 45.4 Å². The zero-order valence-corrected chi connectivity index (χ0v) is 12.0. The minimum absolute atomic E-state index is 0.155. The van der Waals surface area contributed by atoms with Gasteiger partial charge in [-0.15, -0.1) is 0 Å². The van der Waals surface area contributed by atoms with E-state index in [2.05, 4.69) is 6.92 Å². The quantitative estimate of drug-likeness (QED) is 0.440. The van der Waals surface area contributed by atoms with Crippen molar-refractivity contribution < 1.29 is 14.6 Å². The third-order valence-corrected chi connectivity index (χ3v) is 5.18. The molecule has 0 aromatic rings. The van der Waals surface area contributed by atoms with Gasteiger partial charge in [0.1, 0.15) is 12.2 Å². The van der Waals surface area contributed by atoms with E-state index >= 15 is 0 Å². The van der Waals surface area contributed by atoms with Crippen LogP contribution < -0.4 is 0 Å². The molecule has 1 fully saturated rings. The van der Waals surface area contributed by atoms with E-state index in [1.54, 1.807) is 21.6 Å². The molecule has 3 nitrogen and oxygen atoms in total. The van der Waals surface area contributed by atoms with Gasteiger partial charge in [0, 0.05) is 17.9 Å². The molecule has 5 heteroatoms. The maximum absolute atomic E-state index is 11.5. The van der Waals surface area contributed by atoms with E-state index in [1.807, 2.05) is 0 Å². The molecular formula is C12H22O3S2. The van der Waals surface area contributed by atoms with Crippen LogP contribution in [-0.4, -0.2) is 34.8 Å². The minimum atomic E-state index is -0.495. The van der Waals surface area contributed by atoms with Crippen LogP contribution in [0.15, 0.2) is 0 Å². The Kier molecular flexibility index (Phi) is 8.14. The lowest BCUT2D eigenvalue weighted by Gasteiger charge is -2.26. The topological polar surface area (TPSA) is 46.5 Å². The molecule has 2 unspecified atom stereocenters. The summed E-state index contributed by atoms with van der Waals surface area (Å²) in [6.07, 6.45) is 5.35. The van der Waals surface area contributed by atoms with Gasteiger partial charge in [-0.3, -0.25) is 4.79 Å². The maximum atomic E-state index is 11.5. The zero-order valence-electron chi connectivity index (χ0n) is 10.4. The Balaban J connectivity index is 2.07.